The van der Waals surface area contributed by atoms with Crippen molar-refractivity contribution in [1.82, 2.24) is 9.78 Å². The average Bonchev–Trinajstić information content (AvgIpc) is 2.93. The van der Waals surface area contributed by atoms with Gasteiger partial charge in [0.15, 0.2) is 5.69 Å². The molecule has 3 rings (SSSR count). The topological polar surface area (TPSA) is 46.9 Å². The molecule has 0 spiro atoms. The number of rotatable bonds is 4. The molecule has 0 aliphatic heterocycles. The first-order valence-corrected chi connectivity index (χ1v) is 8.06. The highest BCUT2D eigenvalue weighted by atomic mass is 35.5. The van der Waals surface area contributed by atoms with Crippen LogP contribution >= 0.6 is 11.6 Å². The molecule has 0 saturated heterocycles. The second kappa shape index (κ2) is 6.89. The van der Waals surface area contributed by atoms with Crippen molar-refractivity contribution in [2.75, 3.05) is 5.32 Å². The van der Waals surface area contributed by atoms with E-state index in [4.69, 9.17) is 11.6 Å². The highest BCUT2D eigenvalue weighted by Gasteiger charge is 2.13. The normalized spacial score (nSPS) is 10.6. The molecule has 0 radical (unpaired) electrons. The van der Waals surface area contributed by atoms with Crippen molar-refractivity contribution < 1.29 is 4.79 Å². The summed E-state index contributed by atoms with van der Waals surface area (Å²) in [6.07, 6.45) is 0. The van der Waals surface area contributed by atoms with Gasteiger partial charge < -0.3 is 5.32 Å². The lowest BCUT2D eigenvalue weighted by molar-refractivity contribution is 0.102. The SMILES string of the molecule is Cc1ccc(Cn2nc(C(=O)Nc3ccc(Cl)cc3)cc2C)cc1. The number of benzene rings is 2. The predicted octanol–water partition coefficient (Wildman–Crippen LogP) is 4.45. The number of aryl methyl sites for hydroxylation is 2. The van der Waals surface area contributed by atoms with Crippen LogP contribution in [0, 0.1) is 13.8 Å². The van der Waals surface area contributed by atoms with E-state index in [1.165, 1.54) is 5.56 Å². The van der Waals surface area contributed by atoms with Crippen molar-refractivity contribution in [3.8, 4) is 0 Å². The van der Waals surface area contributed by atoms with Gasteiger partial charge >= 0.3 is 0 Å². The van der Waals surface area contributed by atoms with E-state index >= 15 is 0 Å². The molecular weight excluding hydrogens is 322 g/mol. The van der Waals surface area contributed by atoms with Gasteiger partial charge in [0.2, 0.25) is 0 Å². The molecule has 5 heteroatoms. The third-order valence-electron chi connectivity index (χ3n) is 3.77. The molecule has 4 nitrogen and oxygen atoms in total. The second-order valence-electron chi connectivity index (χ2n) is 5.78. The smallest absolute Gasteiger partial charge is 0.276 e. The van der Waals surface area contributed by atoms with Crippen molar-refractivity contribution in [1.29, 1.82) is 0 Å². The lowest BCUT2D eigenvalue weighted by Crippen LogP contribution is -2.13. The third kappa shape index (κ3) is 3.84. The number of anilines is 1. The third-order valence-corrected chi connectivity index (χ3v) is 4.02. The lowest BCUT2D eigenvalue weighted by atomic mass is 10.1. The summed E-state index contributed by atoms with van der Waals surface area (Å²) >= 11 is 5.85. The average molecular weight is 340 g/mol. The molecule has 122 valence electrons. The zero-order valence-corrected chi connectivity index (χ0v) is 14.3. The van der Waals surface area contributed by atoms with Crippen molar-refractivity contribution in [2.24, 2.45) is 0 Å². The Morgan fingerprint density at radius 2 is 1.75 bits per heavy atom. The van der Waals surface area contributed by atoms with E-state index < -0.39 is 0 Å². The molecule has 0 aliphatic rings. The molecule has 0 bridgehead atoms. The molecule has 1 N–H and O–H groups in total. The number of halogens is 1. The zero-order chi connectivity index (χ0) is 17.1. The summed E-state index contributed by atoms with van der Waals surface area (Å²) in [5.41, 5.74) is 4.40. The number of carbonyl (C=O) groups is 1. The fraction of sp³-hybridized carbons (Fsp3) is 0.158. The molecular formula is C19H18ClN3O. The Bertz CT molecular complexity index is 851. The minimum absolute atomic E-state index is 0.233. The Kier molecular flexibility index (Phi) is 4.67. The van der Waals surface area contributed by atoms with Gasteiger partial charge in [-0.15, -0.1) is 0 Å². The first-order chi connectivity index (χ1) is 11.5. The van der Waals surface area contributed by atoms with Gasteiger partial charge in [0, 0.05) is 16.4 Å². The van der Waals surface area contributed by atoms with E-state index in [-0.39, 0.29) is 5.91 Å². The van der Waals surface area contributed by atoms with Crippen molar-refractivity contribution in [2.45, 2.75) is 20.4 Å². The van der Waals surface area contributed by atoms with Crippen LogP contribution < -0.4 is 5.32 Å². The van der Waals surface area contributed by atoms with Crippen LogP contribution in [0.3, 0.4) is 0 Å². The highest BCUT2D eigenvalue weighted by Crippen LogP contribution is 2.15. The first kappa shape index (κ1) is 16.3. The number of amides is 1. The minimum atomic E-state index is -0.233. The molecule has 1 amide bonds. The Morgan fingerprint density at radius 3 is 2.42 bits per heavy atom. The van der Waals surface area contributed by atoms with E-state index in [0.717, 1.165) is 11.3 Å². The van der Waals surface area contributed by atoms with Crippen LogP contribution in [0.25, 0.3) is 0 Å². The van der Waals surface area contributed by atoms with Gasteiger partial charge in [0.1, 0.15) is 0 Å². The van der Waals surface area contributed by atoms with E-state index in [9.17, 15) is 4.79 Å². The van der Waals surface area contributed by atoms with Crippen LogP contribution in [0.4, 0.5) is 5.69 Å². The van der Waals surface area contributed by atoms with Crippen LogP contribution in [-0.4, -0.2) is 15.7 Å². The van der Waals surface area contributed by atoms with Gasteiger partial charge in [-0.3, -0.25) is 9.48 Å². The standard InChI is InChI=1S/C19H18ClN3O/c1-13-3-5-15(6-4-13)12-23-14(2)11-18(22-23)19(24)21-17-9-7-16(20)8-10-17/h3-11H,12H2,1-2H3,(H,21,24). The van der Waals surface area contributed by atoms with Crippen LogP contribution in [0.1, 0.15) is 27.3 Å². The van der Waals surface area contributed by atoms with Gasteiger partial charge in [0.05, 0.1) is 6.54 Å². The number of hydrogen-bond donors (Lipinski definition) is 1. The predicted molar refractivity (Wildman–Crippen MR) is 96.7 cm³/mol. The molecule has 0 aliphatic carbocycles. The number of nitrogens with zero attached hydrogens (tertiary/aromatic N) is 2. The Balaban J connectivity index is 1.74. The van der Waals surface area contributed by atoms with Crippen LogP contribution in [0.2, 0.25) is 5.02 Å². The van der Waals surface area contributed by atoms with Crippen molar-refractivity contribution in [3.63, 3.8) is 0 Å². The second-order valence-corrected chi connectivity index (χ2v) is 6.21. The minimum Gasteiger partial charge on any atom is -0.321 e. The molecule has 0 fully saturated rings. The van der Waals surface area contributed by atoms with Crippen LogP contribution in [0.15, 0.2) is 54.6 Å². The summed E-state index contributed by atoms with van der Waals surface area (Å²) in [6, 6.07) is 17.1. The maximum absolute atomic E-state index is 12.3. The van der Waals surface area contributed by atoms with Crippen molar-refractivity contribution in [3.05, 3.63) is 82.1 Å². The molecule has 1 heterocycles. The van der Waals surface area contributed by atoms with Crippen molar-refractivity contribution >= 4 is 23.2 Å². The Hall–Kier alpha value is -2.59. The van der Waals surface area contributed by atoms with Gasteiger partial charge in [-0.1, -0.05) is 41.4 Å². The van der Waals surface area contributed by atoms with E-state index in [1.807, 2.05) is 11.6 Å². The quantitative estimate of drug-likeness (QED) is 0.763. The molecule has 0 atom stereocenters. The molecule has 3 aromatic rings. The zero-order valence-electron chi connectivity index (χ0n) is 13.6. The fourth-order valence-corrected chi connectivity index (χ4v) is 2.50. The van der Waals surface area contributed by atoms with E-state index in [0.29, 0.717) is 22.9 Å². The Morgan fingerprint density at radius 1 is 1.08 bits per heavy atom. The number of carbonyl (C=O) groups excluding carboxylic acids is 1. The summed E-state index contributed by atoms with van der Waals surface area (Å²) in [5, 5.41) is 7.87. The molecule has 24 heavy (non-hydrogen) atoms. The number of aromatic nitrogens is 2. The first-order valence-electron chi connectivity index (χ1n) is 7.68. The number of hydrogen-bond acceptors (Lipinski definition) is 2. The largest absolute Gasteiger partial charge is 0.321 e. The summed E-state index contributed by atoms with van der Waals surface area (Å²) in [5.74, 6) is -0.233. The Labute approximate surface area is 146 Å². The maximum atomic E-state index is 12.3. The van der Waals surface area contributed by atoms with Gasteiger partial charge in [-0.2, -0.15) is 5.10 Å². The van der Waals surface area contributed by atoms with E-state index in [1.54, 1.807) is 30.3 Å². The van der Waals surface area contributed by atoms with Gasteiger partial charge in [-0.25, -0.2) is 0 Å². The van der Waals surface area contributed by atoms with Crippen LogP contribution in [-0.2, 0) is 6.54 Å². The summed E-state index contributed by atoms with van der Waals surface area (Å²) in [4.78, 5) is 12.3. The fourth-order valence-electron chi connectivity index (χ4n) is 2.38. The lowest BCUT2D eigenvalue weighted by Gasteiger charge is -2.05. The molecule has 0 saturated carbocycles. The van der Waals surface area contributed by atoms with E-state index in [2.05, 4.69) is 41.6 Å². The van der Waals surface area contributed by atoms with Gasteiger partial charge in [-0.05, 0) is 49.7 Å². The number of nitrogens with one attached hydrogen (secondary N) is 1. The summed E-state index contributed by atoms with van der Waals surface area (Å²) in [7, 11) is 0. The molecule has 2 aromatic carbocycles. The summed E-state index contributed by atoms with van der Waals surface area (Å²) < 4.78 is 1.83. The van der Waals surface area contributed by atoms with Gasteiger partial charge in [0.25, 0.3) is 5.91 Å². The highest BCUT2D eigenvalue weighted by molar-refractivity contribution is 6.30. The molecule has 0 unspecified atom stereocenters. The van der Waals surface area contributed by atoms with Crippen LogP contribution in [0.5, 0.6) is 0 Å². The monoisotopic (exact) mass is 339 g/mol. The summed E-state index contributed by atoms with van der Waals surface area (Å²) in [6.45, 7) is 4.64. The maximum Gasteiger partial charge on any atom is 0.276 e. The molecule has 1 aromatic heterocycles.